The minimum atomic E-state index is -0.188. The molecule has 2 aromatic heterocycles. The van der Waals surface area contributed by atoms with Gasteiger partial charge in [-0.1, -0.05) is 12.1 Å². The van der Waals surface area contributed by atoms with Crippen LogP contribution in [0.25, 0.3) is 11.0 Å². The minimum Gasteiger partial charge on any atom is -0.339 e. The van der Waals surface area contributed by atoms with Crippen LogP contribution < -0.4 is 10.9 Å². The van der Waals surface area contributed by atoms with Gasteiger partial charge in [-0.3, -0.25) is 19.1 Å². The van der Waals surface area contributed by atoms with Crippen molar-refractivity contribution < 1.29 is 9.59 Å². The van der Waals surface area contributed by atoms with E-state index in [-0.39, 0.29) is 23.8 Å². The maximum atomic E-state index is 12.6. The Balaban J connectivity index is 1.70. The second kappa shape index (κ2) is 9.16. The van der Waals surface area contributed by atoms with E-state index in [2.05, 4.69) is 15.4 Å². The van der Waals surface area contributed by atoms with Gasteiger partial charge in [-0.05, 0) is 50.5 Å². The summed E-state index contributed by atoms with van der Waals surface area (Å²) in [6, 6.07) is 7.46. The average molecular weight is 424 g/mol. The second-order valence-electron chi connectivity index (χ2n) is 7.77. The highest BCUT2D eigenvalue weighted by atomic mass is 16.2. The lowest BCUT2D eigenvalue weighted by molar-refractivity contribution is -0.129. The van der Waals surface area contributed by atoms with Crippen LogP contribution in [0.3, 0.4) is 0 Å². The first-order valence-corrected chi connectivity index (χ1v) is 10.4. The van der Waals surface area contributed by atoms with E-state index in [1.54, 1.807) is 23.6 Å². The number of aryl methyl sites for hydroxylation is 3. The Labute approximate surface area is 181 Å². The Morgan fingerprint density at radius 2 is 2.00 bits per heavy atom. The maximum Gasteiger partial charge on any atom is 0.253 e. The number of H-pyrrole nitrogens is 1. The van der Waals surface area contributed by atoms with Gasteiger partial charge in [0.15, 0.2) is 0 Å². The number of hydrogen-bond acceptors (Lipinski definition) is 4. The number of nitrogens with zero attached hydrogens (tertiary/aromatic N) is 3. The standard InChI is InChI=1S/C23H29N5O3/c1-6-28(16(4)29)13-17-8-7-9-18(12-17)24-20(30)11-10-19-14(2)21-15(3)26-27(5)22(21)25-23(19)31/h7-9,12H,6,10-11,13H2,1-5H3,(H,24,30)(H,25,31). The molecule has 0 atom stereocenters. The normalized spacial score (nSPS) is 11.0. The topological polar surface area (TPSA) is 100 Å². The van der Waals surface area contributed by atoms with E-state index in [9.17, 15) is 14.4 Å². The molecule has 0 saturated carbocycles. The molecule has 2 heterocycles. The molecule has 8 nitrogen and oxygen atoms in total. The molecular weight excluding hydrogens is 394 g/mol. The summed E-state index contributed by atoms with van der Waals surface area (Å²) in [5.41, 5.74) is 4.44. The number of nitrogens with one attached hydrogen (secondary N) is 2. The van der Waals surface area contributed by atoms with E-state index in [4.69, 9.17) is 0 Å². The molecule has 0 aliphatic rings. The molecule has 0 unspecified atom stereocenters. The molecule has 3 rings (SSSR count). The Bertz CT molecular complexity index is 1190. The van der Waals surface area contributed by atoms with Gasteiger partial charge in [0, 0.05) is 50.1 Å². The molecule has 8 heteroatoms. The fraction of sp³-hybridized carbons (Fsp3) is 0.391. The third-order valence-corrected chi connectivity index (χ3v) is 5.57. The fourth-order valence-electron chi connectivity index (χ4n) is 3.93. The van der Waals surface area contributed by atoms with Crippen LogP contribution in [0.15, 0.2) is 29.1 Å². The van der Waals surface area contributed by atoms with Crippen molar-refractivity contribution in [3.8, 4) is 0 Å². The SMILES string of the molecule is CCN(Cc1cccc(NC(=O)CCc2c(C)c3c(C)nn(C)c3[nH]c2=O)c1)C(C)=O. The molecule has 1 aromatic carbocycles. The van der Waals surface area contributed by atoms with Crippen molar-refractivity contribution in [1.82, 2.24) is 19.7 Å². The molecule has 3 aromatic rings. The molecule has 0 fully saturated rings. The van der Waals surface area contributed by atoms with Crippen LogP contribution in [-0.4, -0.2) is 38.0 Å². The van der Waals surface area contributed by atoms with Crippen LogP contribution >= 0.6 is 0 Å². The summed E-state index contributed by atoms with van der Waals surface area (Å²) in [7, 11) is 1.79. The quantitative estimate of drug-likeness (QED) is 0.610. The molecule has 0 saturated heterocycles. The van der Waals surface area contributed by atoms with Crippen LogP contribution in [-0.2, 0) is 29.6 Å². The number of rotatable bonds is 7. The van der Waals surface area contributed by atoms with Crippen LogP contribution in [0, 0.1) is 13.8 Å². The summed E-state index contributed by atoms with van der Waals surface area (Å²) in [6.07, 6.45) is 0.526. The zero-order valence-corrected chi connectivity index (χ0v) is 18.7. The van der Waals surface area contributed by atoms with E-state index >= 15 is 0 Å². The van der Waals surface area contributed by atoms with Crippen LogP contribution in [0.5, 0.6) is 0 Å². The number of carbonyl (C=O) groups is 2. The highest BCUT2D eigenvalue weighted by Gasteiger charge is 2.16. The number of benzene rings is 1. The fourth-order valence-corrected chi connectivity index (χ4v) is 3.93. The Kier molecular flexibility index (Phi) is 6.58. The maximum absolute atomic E-state index is 12.6. The van der Waals surface area contributed by atoms with Gasteiger partial charge in [0.05, 0.1) is 5.69 Å². The average Bonchev–Trinajstić information content (AvgIpc) is 2.99. The number of aromatic amines is 1. The largest absolute Gasteiger partial charge is 0.339 e. The Hall–Kier alpha value is -3.42. The molecule has 0 radical (unpaired) electrons. The van der Waals surface area contributed by atoms with Crippen molar-refractivity contribution in [3.63, 3.8) is 0 Å². The van der Waals surface area contributed by atoms with E-state index in [0.717, 1.165) is 22.2 Å². The van der Waals surface area contributed by atoms with Gasteiger partial charge < -0.3 is 15.2 Å². The van der Waals surface area contributed by atoms with Gasteiger partial charge in [0.2, 0.25) is 11.8 Å². The summed E-state index contributed by atoms with van der Waals surface area (Å²) < 4.78 is 1.66. The van der Waals surface area contributed by atoms with Gasteiger partial charge in [0.1, 0.15) is 5.65 Å². The monoisotopic (exact) mass is 423 g/mol. The summed E-state index contributed by atoms with van der Waals surface area (Å²) in [5, 5.41) is 8.19. The number of pyridine rings is 1. The number of amides is 2. The first kappa shape index (κ1) is 22.3. The van der Waals surface area contributed by atoms with E-state index in [0.29, 0.717) is 36.4 Å². The van der Waals surface area contributed by atoms with Crippen LogP contribution in [0.2, 0.25) is 0 Å². The predicted octanol–water partition coefficient (Wildman–Crippen LogP) is 2.82. The molecule has 31 heavy (non-hydrogen) atoms. The Morgan fingerprint density at radius 3 is 2.68 bits per heavy atom. The van der Waals surface area contributed by atoms with Crippen molar-refractivity contribution in [1.29, 1.82) is 0 Å². The molecule has 0 aliphatic carbocycles. The summed E-state index contributed by atoms with van der Waals surface area (Å²) in [4.78, 5) is 41.3. The smallest absolute Gasteiger partial charge is 0.253 e. The number of anilines is 1. The summed E-state index contributed by atoms with van der Waals surface area (Å²) >= 11 is 0. The number of hydrogen-bond donors (Lipinski definition) is 2. The van der Waals surface area contributed by atoms with Crippen LogP contribution in [0.1, 0.15) is 42.7 Å². The van der Waals surface area contributed by atoms with Crippen molar-refractivity contribution in [3.05, 3.63) is 57.0 Å². The third kappa shape index (κ3) is 4.84. The summed E-state index contributed by atoms with van der Waals surface area (Å²) in [6.45, 7) is 8.40. The van der Waals surface area contributed by atoms with Gasteiger partial charge in [-0.25, -0.2) is 0 Å². The molecule has 2 N–H and O–H groups in total. The van der Waals surface area contributed by atoms with E-state index in [1.165, 1.54) is 0 Å². The first-order valence-electron chi connectivity index (χ1n) is 10.4. The number of fused-ring (bicyclic) bond motifs is 1. The molecule has 164 valence electrons. The zero-order valence-electron chi connectivity index (χ0n) is 18.7. The molecule has 0 spiro atoms. The Morgan fingerprint density at radius 1 is 1.26 bits per heavy atom. The van der Waals surface area contributed by atoms with Gasteiger partial charge in [0.25, 0.3) is 5.56 Å². The lowest BCUT2D eigenvalue weighted by atomic mass is 10.0. The van der Waals surface area contributed by atoms with Crippen LogP contribution in [0.4, 0.5) is 5.69 Å². The lowest BCUT2D eigenvalue weighted by Gasteiger charge is -2.19. The first-order chi connectivity index (χ1) is 14.7. The predicted molar refractivity (Wildman–Crippen MR) is 121 cm³/mol. The highest BCUT2D eigenvalue weighted by Crippen LogP contribution is 2.21. The number of carbonyl (C=O) groups excluding carboxylic acids is 2. The minimum absolute atomic E-state index is 0.0124. The molecular formula is C23H29N5O3. The van der Waals surface area contributed by atoms with Gasteiger partial charge >= 0.3 is 0 Å². The third-order valence-electron chi connectivity index (χ3n) is 5.57. The molecule has 0 bridgehead atoms. The second-order valence-corrected chi connectivity index (χ2v) is 7.77. The molecule has 2 amide bonds. The van der Waals surface area contributed by atoms with Crippen molar-refractivity contribution >= 4 is 28.5 Å². The molecule has 0 aliphatic heterocycles. The van der Waals surface area contributed by atoms with Crippen molar-refractivity contribution in [2.24, 2.45) is 7.05 Å². The lowest BCUT2D eigenvalue weighted by Crippen LogP contribution is -2.27. The van der Waals surface area contributed by atoms with Crippen molar-refractivity contribution in [2.45, 2.75) is 47.1 Å². The number of aromatic nitrogens is 3. The van der Waals surface area contributed by atoms with Crippen molar-refractivity contribution in [2.75, 3.05) is 11.9 Å². The van der Waals surface area contributed by atoms with Gasteiger partial charge in [-0.2, -0.15) is 5.10 Å². The van der Waals surface area contributed by atoms with E-state index in [1.807, 2.05) is 45.0 Å². The zero-order chi connectivity index (χ0) is 22.7. The highest BCUT2D eigenvalue weighted by molar-refractivity contribution is 5.91. The summed E-state index contributed by atoms with van der Waals surface area (Å²) in [5.74, 6) is -0.156. The van der Waals surface area contributed by atoms with E-state index < -0.39 is 0 Å². The van der Waals surface area contributed by atoms with Gasteiger partial charge in [-0.15, -0.1) is 0 Å².